The van der Waals surface area contributed by atoms with Crippen LogP contribution < -0.4 is 0 Å². The number of nitrogens with zero attached hydrogens (tertiary/aromatic N) is 1. The topological polar surface area (TPSA) is 54.6 Å². The van der Waals surface area contributed by atoms with Crippen LogP contribution in [0.2, 0.25) is 0 Å². The second kappa shape index (κ2) is 9.05. The summed E-state index contributed by atoms with van der Waals surface area (Å²) in [6, 6.07) is 11.8. The quantitative estimate of drug-likeness (QED) is 0.483. The van der Waals surface area contributed by atoms with Crippen molar-refractivity contribution in [2.45, 2.75) is 90.0 Å². The molecule has 1 aromatic carbocycles. The van der Waals surface area contributed by atoms with Gasteiger partial charge in [-0.3, -0.25) is 0 Å². The average Bonchev–Trinajstić information content (AvgIpc) is 3.06. The van der Waals surface area contributed by atoms with E-state index in [0.717, 1.165) is 32.1 Å². The van der Waals surface area contributed by atoms with Crippen LogP contribution in [-0.2, 0) is 20.1 Å². The molecule has 5 atom stereocenters. The molecule has 4 heteroatoms. The second-order valence-corrected chi connectivity index (χ2v) is 9.81. The Morgan fingerprint density at radius 2 is 1.70 bits per heavy atom. The Balaban J connectivity index is 0.000000194. The standard InChI is InChI=1S/C14H19N.C9H16O2.Ir/c1-13(2)10-14(3,4)15-12(13)11-8-6-5-7-9-11;10-7-3-1-2-6-4-5-8(11)9(6)7;/h5-8,12H,10H2,1-4H3;6-11H,1-5H2;/q-2;;. The molecule has 5 unspecified atom stereocenters. The molecule has 1 aliphatic heterocycles. The fraction of sp³-hybridized carbons (Fsp3) is 0.739. The number of aliphatic hydroxyl groups is 2. The first-order valence-corrected chi connectivity index (χ1v) is 10.2. The summed E-state index contributed by atoms with van der Waals surface area (Å²) in [4.78, 5) is 0. The van der Waals surface area contributed by atoms with Crippen LogP contribution in [0.3, 0.4) is 0 Å². The fourth-order valence-electron chi connectivity index (χ4n) is 5.62. The number of benzene rings is 1. The minimum absolute atomic E-state index is 0. The molecule has 1 radical (unpaired) electrons. The predicted octanol–water partition coefficient (Wildman–Crippen LogP) is 5.03. The summed E-state index contributed by atoms with van der Waals surface area (Å²) in [7, 11) is 0. The van der Waals surface area contributed by atoms with E-state index in [-0.39, 0.29) is 49.2 Å². The van der Waals surface area contributed by atoms with Crippen molar-refractivity contribution in [3.05, 3.63) is 41.2 Å². The first-order valence-electron chi connectivity index (χ1n) is 10.2. The third-order valence-corrected chi connectivity index (χ3v) is 6.48. The van der Waals surface area contributed by atoms with E-state index < -0.39 is 0 Å². The van der Waals surface area contributed by atoms with E-state index in [1.807, 2.05) is 12.1 Å². The summed E-state index contributed by atoms with van der Waals surface area (Å²) in [5.74, 6) is 0.831. The van der Waals surface area contributed by atoms with E-state index in [4.69, 9.17) is 5.32 Å². The third kappa shape index (κ3) is 5.42. The summed E-state index contributed by atoms with van der Waals surface area (Å²) < 4.78 is 0. The minimum Gasteiger partial charge on any atom is -0.652 e. The van der Waals surface area contributed by atoms with Gasteiger partial charge in [0.1, 0.15) is 0 Å². The maximum atomic E-state index is 9.59. The van der Waals surface area contributed by atoms with Gasteiger partial charge in [-0.25, -0.2) is 0 Å². The molecule has 3 fully saturated rings. The van der Waals surface area contributed by atoms with Crippen molar-refractivity contribution in [2.75, 3.05) is 0 Å². The van der Waals surface area contributed by atoms with Crippen LogP contribution in [0.15, 0.2) is 24.3 Å². The van der Waals surface area contributed by atoms with Crippen LogP contribution in [-0.4, -0.2) is 28.0 Å². The number of aliphatic hydroxyl groups excluding tert-OH is 2. The van der Waals surface area contributed by atoms with Crippen molar-refractivity contribution in [1.82, 2.24) is 0 Å². The Hall–Kier alpha value is -0.251. The number of fused-ring (bicyclic) bond motifs is 1. The zero-order valence-electron chi connectivity index (χ0n) is 17.1. The van der Waals surface area contributed by atoms with Gasteiger partial charge in [-0.2, -0.15) is 35.9 Å². The molecule has 2 N–H and O–H groups in total. The van der Waals surface area contributed by atoms with Crippen LogP contribution in [0, 0.1) is 23.3 Å². The Labute approximate surface area is 178 Å². The molecule has 1 aromatic rings. The summed E-state index contributed by atoms with van der Waals surface area (Å²) in [5, 5.41) is 24.0. The fourth-order valence-corrected chi connectivity index (χ4v) is 5.62. The molecular formula is C23H35IrNO2-2. The van der Waals surface area contributed by atoms with Gasteiger partial charge < -0.3 is 15.5 Å². The molecule has 155 valence electrons. The van der Waals surface area contributed by atoms with Gasteiger partial charge in [0.15, 0.2) is 0 Å². The Bertz CT molecular complexity index is 587. The number of hydrogen-bond acceptors (Lipinski definition) is 2. The number of hydrogen-bond donors (Lipinski definition) is 2. The molecule has 0 bridgehead atoms. The predicted molar refractivity (Wildman–Crippen MR) is 106 cm³/mol. The average molecular weight is 550 g/mol. The molecule has 1 heterocycles. The maximum Gasteiger partial charge on any atom is 0.0595 e. The van der Waals surface area contributed by atoms with Crippen LogP contribution in [0.25, 0.3) is 5.32 Å². The minimum atomic E-state index is -0.216. The number of rotatable bonds is 1. The molecule has 3 aliphatic rings. The molecule has 0 aromatic heterocycles. The third-order valence-electron chi connectivity index (χ3n) is 6.48. The monoisotopic (exact) mass is 550 g/mol. The van der Waals surface area contributed by atoms with Crippen molar-refractivity contribution in [1.29, 1.82) is 0 Å². The summed E-state index contributed by atoms with van der Waals surface area (Å²) in [5.41, 5.74) is 1.59. The largest absolute Gasteiger partial charge is 0.652 e. The van der Waals surface area contributed by atoms with Crippen molar-refractivity contribution < 1.29 is 30.3 Å². The van der Waals surface area contributed by atoms with Crippen molar-refractivity contribution in [3.63, 3.8) is 0 Å². The SMILES string of the molecule is CC1(C)CC(C)(C)C(c2[c-]cccc2)[N-]1.OC1CCCC2CCC(O)C12.[Ir]. The Morgan fingerprint density at radius 3 is 2.26 bits per heavy atom. The van der Waals surface area contributed by atoms with Gasteiger partial charge in [0, 0.05) is 26.0 Å². The summed E-state index contributed by atoms with van der Waals surface area (Å²) in [6.07, 6.45) is 6.02. The zero-order chi connectivity index (χ0) is 18.9. The molecule has 4 rings (SSSR count). The molecule has 27 heavy (non-hydrogen) atoms. The molecule has 1 saturated heterocycles. The molecule has 2 saturated carbocycles. The van der Waals surface area contributed by atoms with E-state index in [0.29, 0.717) is 12.0 Å². The van der Waals surface area contributed by atoms with Gasteiger partial charge in [-0.1, -0.05) is 46.0 Å². The van der Waals surface area contributed by atoms with Crippen molar-refractivity contribution >= 4 is 0 Å². The van der Waals surface area contributed by atoms with Crippen LogP contribution in [0.5, 0.6) is 0 Å². The molecular weight excluding hydrogens is 514 g/mol. The summed E-state index contributed by atoms with van der Waals surface area (Å²) >= 11 is 0. The van der Waals surface area contributed by atoms with Gasteiger partial charge in [0.05, 0.1) is 12.2 Å². The molecule has 2 aliphatic carbocycles. The molecule has 0 amide bonds. The van der Waals surface area contributed by atoms with E-state index in [1.165, 1.54) is 12.0 Å². The van der Waals surface area contributed by atoms with Crippen molar-refractivity contribution in [2.24, 2.45) is 17.3 Å². The van der Waals surface area contributed by atoms with Crippen LogP contribution >= 0.6 is 0 Å². The Morgan fingerprint density at radius 1 is 1.00 bits per heavy atom. The first kappa shape index (κ1) is 23.0. The van der Waals surface area contributed by atoms with Gasteiger partial charge >= 0.3 is 0 Å². The normalized spacial score (nSPS) is 36.1. The van der Waals surface area contributed by atoms with Gasteiger partial charge in [-0.15, -0.1) is 11.6 Å². The van der Waals surface area contributed by atoms with E-state index in [9.17, 15) is 10.2 Å². The van der Waals surface area contributed by atoms with Crippen LogP contribution in [0.1, 0.15) is 77.8 Å². The van der Waals surface area contributed by atoms with E-state index in [2.05, 4.69) is 45.9 Å². The first-order chi connectivity index (χ1) is 12.2. The molecule has 0 spiro atoms. The second-order valence-electron chi connectivity index (χ2n) is 9.81. The van der Waals surface area contributed by atoms with Gasteiger partial charge in [0.2, 0.25) is 0 Å². The van der Waals surface area contributed by atoms with Gasteiger partial charge in [-0.05, 0) is 31.6 Å². The van der Waals surface area contributed by atoms with Gasteiger partial charge in [0.25, 0.3) is 0 Å². The smallest absolute Gasteiger partial charge is 0.0595 e. The van der Waals surface area contributed by atoms with E-state index in [1.54, 1.807) is 0 Å². The van der Waals surface area contributed by atoms with Crippen molar-refractivity contribution in [3.8, 4) is 0 Å². The van der Waals surface area contributed by atoms with Crippen LogP contribution in [0.4, 0.5) is 0 Å². The zero-order valence-corrected chi connectivity index (χ0v) is 19.5. The molecule has 3 nitrogen and oxygen atoms in total. The Kier molecular flexibility index (Phi) is 7.72. The maximum absolute atomic E-state index is 9.59. The van der Waals surface area contributed by atoms with E-state index >= 15 is 0 Å². The summed E-state index contributed by atoms with van der Waals surface area (Å²) in [6.45, 7) is 9.04.